The van der Waals surface area contributed by atoms with Crippen LogP contribution in [0.25, 0.3) is 0 Å². The molecule has 0 aliphatic carbocycles. The van der Waals surface area contributed by atoms with Gasteiger partial charge in [0.1, 0.15) is 5.75 Å². The van der Waals surface area contributed by atoms with Crippen LogP contribution in [0.4, 0.5) is 18.9 Å². The minimum atomic E-state index is -4.88. The van der Waals surface area contributed by atoms with Gasteiger partial charge < -0.3 is 9.47 Å². The van der Waals surface area contributed by atoms with Crippen LogP contribution in [0, 0.1) is 0 Å². The number of sulfonamides is 1. The highest BCUT2D eigenvalue weighted by atomic mass is 32.2. The van der Waals surface area contributed by atoms with Gasteiger partial charge in [0.2, 0.25) is 10.0 Å². The van der Waals surface area contributed by atoms with Gasteiger partial charge in [-0.15, -0.1) is 0 Å². The summed E-state index contributed by atoms with van der Waals surface area (Å²) in [6.45, 7) is 3.46. The highest BCUT2D eigenvalue weighted by molar-refractivity contribution is 7.92. The second kappa shape index (κ2) is 10.1. The van der Waals surface area contributed by atoms with Gasteiger partial charge in [-0.25, -0.2) is 8.42 Å². The standard InChI is InChI=1S/C23H23F3N2O4S/c1-17(2)31-21-7-3-4-8-22(21)32-20-11-9-19(10-12-20)28(15-18-6-5-13-27-14-18)33(29,30)16-23(24,25)26/h3-14,17H,15-16H2,1-2H3. The van der Waals surface area contributed by atoms with Crippen molar-refractivity contribution in [2.45, 2.75) is 32.7 Å². The van der Waals surface area contributed by atoms with Crippen LogP contribution < -0.4 is 13.8 Å². The molecule has 33 heavy (non-hydrogen) atoms. The first-order chi connectivity index (χ1) is 15.5. The fraction of sp³-hybridized carbons (Fsp3) is 0.261. The predicted molar refractivity (Wildman–Crippen MR) is 119 cm³/mol. The van der Waals surface area contributed by atoms with Crippen LogP contribution in [0.3, 0.4) is 0 Å². The Labute approximate surface area is 190 Å². The number of benzene rings is 2. The number of rotatable bonds is 9. The van der Waals surface area contributed by atoms with E-state index < -0.39 is 22.0 Å². The lowest BCUT2D eigenvalue weighted by atomic mass is 10.2. The van der Waals surface area contributed by atoms with E-state index in [0.717, 1.165) is 4.31 Å². The average Bonchev–Trinajstić information content (AvgIpc) is 2.73. The third kappa shape index (κ3) is 7.11. The number of nitrogens with zero attached hydrogens (tertiary/aromatic N) is 2. The van der Waals surface area contributed by atoms with E-state index in [-0.39, 0.29) is 18.3 Å². The summed E-state index contributed by atoms with van der Waals surface area (Å²) in [4.78, 5) is 3.90. The Morgan fingerprint density at radius 1 is 0.970 bits per heavy atom. The molecule has 0 amide bonds. The van der Waals surface area contributed by atoms with E-state index in [2.05, 4.69) is 4.98 Å². The first-order valence-electron chi connectivity index (χ1n) is 10.0. The molecule has 0 atom stereocenters. The molecule has 0 fully saturated rings. The summed E-state index contributed by atoms with van der Waals surface area (Å²) in [5.41, 5.74) is 0.519. The summed E-state index contributed by atoms with van der Waals surface area (Å²) in [7, 11) is -4.70. The van der Waals surface area contributed by atoms with E-state index in [0.29, 0.717) is 22.8 Å². The van der Waals surface area contributed by atoms with Crippen LogP contribution in [0.1, 0.15) is 19.4 Å². The molecule has 0 radical (unpaired) electrons. The molecule has 2 aromatic carbocycles. The minimum Gasteiger partial charge on any atom is -0.487 e. The summed E-state index contributed by atoms with van der Waals surface area (Å²) >= 11 is 0. The van der Waals surface area contributed by atoms with E-state index in [1.54, 1.807) is 36.4 Å². The maximum atomic E-state index is 13.0. The number of aromatic nitrogens is 1. The predicted octanol–water partition coefficient (Wildman–Crippen LogP) is 5.56. The number of alkyl halides is 3. The summed E-state index contributed by atoms with van der Waals surface area (Å²) in [6.07, 6.45) is -2.06. The Morgan fingerprint density at radius 3 is 2.21 bits per heavy atom. The number of hydrogen-bond donors (Lipinski definition) is 0. The Bertz CT molecular complexity index is 1150. The van der Waals surface area contributed by atoms with Gasteiger partial charge in [0.05, 0.1) is 18.3 Å². The van der Waals surface area contributed by atoms with Gasteiger partial charge in [0, 0.05) is 12.4 Å². The van der Waals surface area contributed by atoms with Crippen LogP contribution >= 0.6 is 0 Å². The monoisotopic (exact) mass is 480 g/mol. The van der Waals surface area contributed by atoms with Crippen LogP contribution in [-0.4, -0.2) is 31.4 Å². The number of para-hydroxylation sites is 2. The fourth-order valence-electron chi connectivity index (χ4n) is 2.99. The zero-order chi connectivity index (χ0) is 24.1. The van der Waals surface area contributed by atoms with Crippen molar-refractivity contribution in [3.05, 3.63) is 78.6 Å². The van der Waals surface area contributed by atoms with Gasteiger partial charge in [0.25, 0.3) is 0 Å². The Kier molecular flexibility index (Phi) is 7.47. The lowest BCUT2D eigenvalue weighted by Crippen LogP contribution is -2.37. The molecule has 6 nitrogen and oxygen atoms in total. The normalized spacial score (nSPS) is 11.9. The molecule has 10 heteroatoms. The summed E-state index contributed by atoms with van der Waals surface area (Å²) < 4.78 is 76.4. The second-order valence-corrected chi connectivity index (χ2v) is 9.34. The van der Waals surface area contributed by atoms with Crippen LogP contribution in [-0.2, 0) is 16.6 Å². The number of ether oxygens (including phenoxy) is 2. The molecule has 0 unspecified atom stereocenters. The van der Waals surface area contributed by atoms with E-state index in [1.165, 1.54) is 36.7 Å². The average molecular weight is 481 g/mol. The van der Waals surface area contributed by atoms with Gasteiger partial charge in [-0.3, -0.25) is 9.29 Å². The Balaban J connectivity index is 1.88. The molecule has 0 N–H and O–H groups in total. The largest absolute Gasteiger partial charge is 0.487 e. The molecule has 0 spiro atoms. The topological polar surface area (TPSA) is 68.7 Å². The van der Waals surface area contributed by atoms with Gasteiger partial charge >= 0.3 is 6.18 Å². The van der Waals surface area contributed by atoms with E-state index in [4.69, 9.17) is 9.47 Å². The van der Waals surface area contributed by atoms with Crippen molar-refractivity contribution in [1.29, 1.82) is 0 Å². The third-order valence-corrected chi connectivity index (χ3v) is 6.00. The van der Waals surface area contributed by atoms with Crippen molar-refractivity contribution in [3.8, 4) is 17.2 Å². The lowest BCUT2D eigenvalue weighted by molar-refractivity contribution is -0.106. The highest BCUT2D eigenvalue weighted by Crippen LogP contribution is 2.33. The quantitative estimate of drug-likeness (QED) is 0.401. The van der Waals surface area contributed by atoms with Gasteiger partial charge in [-0.1, -0.05) is 18.2 Å². The number of pyridine rings is 1. The summed E-state index contributed by atoms with van der Waals surface area (Å²) in [5.74, 6) is -0.621. The second-order valence-electron chi connectivity index (χ2n) is 7.45. The van der Waals surface area contributed by atoms with E-state index >= 15 is 0 Å². The fourth-order valence-corrected chi connectivity index (χ4v) is 4.34. The number of halogens is 3. The van der Waals surface area contributed by atoms with Crippen molar-refractivity contribution < 1.29 is 31.1 Å². The maximum Gasteiger partial charge on any atom is 0.404 e. The SMILES string of the molecule is CC(C)Oc1ccccc1Oc1ccc(N(Cc2cccnc2)S(=O)(=O)CC(F)(F)F)cc1. The van der Waals surface area contributed by atoms with Crippen molar-refractivity contribution in [3.63, 3.8) is 0 Å². The molecule has 0 bridgehead atoms. The highest BCUT2D eigenvalue weighted by Gasteiger charge is 2.38. The molecular weight excluding hydrogens is 457 g/mol. The van der Waals surface area contributed by atoms with Crippen LogP contribution in [0.5, 0.6) is 17.2 Å². The first kappa shape index (κ1) is 24.4. The molecule has 0 saturated heterocycles. The third-order valence-electron chi connectivity index (χ3n) is 4.30. The lowest BCUT2D eigenvalue weighted by Gasteiger charge is -2.25. The zero-order valence-electron chi connectivity index (χ0n) is 18.0. The first-order valence-corrected chi connectivity index (χ1v) is 11.6. The molecule has 0 aliphatic rings. The van der Waals surface area contributed by atoms with Crippen LogP contribution in [0.15, 0.2) is 73.1 Å². The molecule has 1 aromatic heterocycles. The zero-order valence-corrected chi connectivity index (χ0v) is 18.8. The molecule has 3 aromatic rings. The Hall–Kier alpha value is -3.27. The smallest absolute Gasteiger partial charge is 0.404 e. The van der Waals surface area contributed by atoms with Gasteiger partial charge in [-0.05, 0) is 61.9 Å². The van der Waals surface area contributed by atoms with Gasteiger partial charge in [-0.2, -0.15) is 13.2 Å². The van der Waals surface area contributed by atoms with Crippen molar-refractivity contribution in [1.82, 2.24) is 4.98 Å². The maximum absolute atomic E-state index is 13.0. The van der Waals surface area contributed by atoms with E-state index in [9.17, 15) is 21.6 Å². The van der Waals surface area contributed by atoms with Gasteiger partial charge in [0.15, 0.2) is 17.3 Å². The molecule has 176 valence electrons. The van der Waals surface area contributed by atoms with E-state index in [1.807, 2.05) is 13.8 Å². The molecule has 3 rings (SSSR count). The molecule has 0 aliphatic heterocycles. The van der Waals surface area contributed by atoms with Crippen LogP contribution in [0.2, 0.25) is 0 Å². The summed E-state index contributed by atoms with van der Waals surface area (Å²) in [6, 6.07) is 16.0. The molecular formula is C23H23F3N2O4S. The summed E-state index contributed by atoms with van der Waals surface area (Å²) in [5, 5.41) is 0. The number of hydrogen-bond acceptors (Lipinski definition) is 5. The molecule has 0 saturated carbocycles. The molecule has 1 heterocycles. The van der Waals surface area contributed by atoms with Crippen molar-refractivity contribution in [2.75, 3.05) is 10.1 Å². The Morgan fingerprint density at radius 2 is 1.64 bits per heavy atom. The van der Waals surface area contributed by atoms with Crippen molar-refractivity contribution in [2.24, 2.45) is 0 Å². The van der Waals surface area contributed by atoms with Crippen molar-refractivity contribution >= 4 is 15.7 Å². The number of anilines is 1. The minimum absolute atomic E-state index is 0.0715.